The van der Waals surface area contributed by atoms with Crippen molar-refractivity contribution in [2.24, 2.45) is 11.7 Å². The number of primary amides is 1. The quantitative estimate of drug-likeness (QED) is 0.725. The van der Waals surface area contributed by atoms with Crippen molar-refractivity contribution in [1.29, 1.82) is 0 Å². The maximum Gasteiger partial charge on any atom is 0.314 e. The van der Waals surface area contributed by atoms with Gasteiger partial charge in [-0.25, -0.2) is 4.79 Å². The lowest BCUT2D eigenvalue weighted by Crippen LogP contribution is -2.47. The van der Waals surface area contributed by atoms with Crippen LogP contribution in [0.5, 0.6) is 0 Å². The number of nitrogens with two attached hydrogens (primary N) is 1. The molecule has 1 aliphatic rings. The first-order chi connectivity index (χ1) is 11.6. The molecule has 0 bridgehead atoms. The van der Waals surface area contributed by atoms with Crippen molar-refractivity contribution in [2.45, 2.75) is 25.0 Å². The number of piperidine rings is 1. The van der Waals surface area contributed by atoms with Crippen molar-refractivity contribution in [2.75, 3.05) is 25.4 Å². The SMILES string of the molecule is NC(=O)N1CCC[C@@H](C(=O)NCCCSCc2ccc(Cl)cc2)C1. The number of halogens is 1. The van der Waals surface area contributed by atoms with E-state index in [1.165, 1.54) is 5.56 Å². The second kappa shape index (κ2) is 9.79. The van der Waals surface area contributed by atoms with Gasteiger partial charge in [0.1, 0.15) is 0 Å². The van der Waals surface area contributed by atoms with Gasteiger partial charge < -0.3 is 16.0 Å². The molecular weight excluding hydrogens is 346 g/mol. The zero-order valence-electron chi connectivity index (χ0n) is 13.7. The van der Waals surface area contributed by atoms with E-state index in [4.69, 9.17) is 17.3 Å². The number of likely N-dealkylation sites (tertiary alicyclic amines) is 1. The smallest absolute Gasteiger partial charge is 0.314 e. The van der Waals surface area contributed by atoms with E-state index in [0.29, 0.717) is 19.6 Å². The number of rotatable bonds is 7. The van der Waals surface area contributed by atoms with Crippen LogP contribution < -0.4 is 11.1 Å². The normalized spacial score (nSPS) is 17.5. The number of benzene rings is 1. The molecule has 3 amide bonds. The number of carbonyl (C=O) groups is 2. The number of carbonyl (C=O) groups excluding carboxylic acids is 2. The molecule has 0 aliphatic carbocycles. The Hall–Kier alpha value is -1.40. The fourth-order valence-electron chi connectivity index (χ4n) is 2.69. The summed E-state index contributed by atoms with van der Waals surface area (Å²) in [5, 5.41) is 3.72. The molecule has 132 valence electrons. The second-order valence-electron chi connectivity index (χ2n) is 5.95. The van der Waals surface area contributed by atoms with Crippen molar-refractivity contribution in [3.05, 3.63) is 34.9 Å². The van der Waals surface area contributed by atoms with Gasteiger partial charge in [0, 0.05) is 30.4 Å². The van der Waals surface area contributed by atoms with Crippen LogP contribution in [0, 0.1) is 5.92 Å². The van der Waals surface area contributed by atoms with Crippen LogP contribution in [0.2, 0.25) is 5.02 Å². The number of hydrogen-bond acceptors (Lipinski definition) is 3. The summed E-state index contributed by atoms with van der Waals surface area (Å²) in [4.78, 5) is 24.9. The molecule has 2 rings (SSSR count). The zero-order chi connectivity index (χ0) is 17.4. The van der Waals surface area contributed by atoms with E-state index >= 15 is 0 Å². The first-order valence-electron chi connectivity index (χ1n) is 8.20. The van der Waals surface area contributed by atoms with E-state index in [2.05, 4.69) is 5.32 Å². The average Bonchev–Trinajstić information content (AvgIpc) is 2.59. The minimum absolute atomic E-state index is 0.0312. The number of urea groups is 1. The molecule has 7 heteroatoms. The van der Waals surface area contributed by atoms with Crippen LogP contribution in [0.3, 0.4) is 0 Å². The third-order valence-electron chi connectivity index (χ3n) is 4.05. The van der Waals surface area contributed by atoms with Gasteiger partial charge in [-0.3, -0.25) is 4.79 Å². The van der Waals surface area contributed by atoms with Gasteiger partial charge in [0.25, 0.3) is 0 Å². The van der Waals surface area contributed by atoms with Crippen LogP contribution in [-0.2, 0) is 10.5 Å². The standard InChI is InChI=1S/C17H24ClN3O2S/c18-15-6-4-13(5-7-15)12-24-10-2-8-20-16(22)14-3-1-9-21(11-14)17(19)23/h4-7,14H,1-3,8-12H2,(H2,19,23)(H,20,22)/t14-/m1/s1. The lowest BCUT2D eigenvalue weighted by molar-refractivity contribution is -0.126. The summed E-state index contributed by atoms with van der Waals surface area (Å²) in [5.74, 6) is 1.83. The molecule has 1 aliphatic heterocycles. The fraction of sp³-hybridized carbons (Fsp3) is 0.529. The maximum atomic E-state index is 12.1. The Balaban J connectivity index is 1.57. The van der Waals surface area contributed by atoms with Crippen LogP contribution in [-0.4, -0.2) is 42.2 Å². The minimum Gasteiger partial charge on any atom is -0.356 e. The molecule has 0 radical (unpaired) electrons. The molecular formula is C17H24ClN3O2S. The van der Waals surface area contributed by atoms with Crippen LogP contribution in [0.25, 0.3) is 0 Å². The highest BCUT2D eigenvalue weighted by Crippen LogP contribution is 2.17. The lowest BCUT2D eigenvalue weighted by Gasteiger charge is -2.30. The summed E-state index contributed by atoms with van der Waals surface area (Å²) in [6, 6.07) is 7.43. The molecule has 1 fully saturated rings. The first-order valence-corrected chi connectivity index (χ1v) is 9.74. The van der Waals surface area contributed by atoms with Crippen LogP contribution in [0.15, 0.2) is 24.3 Å². The van der Waals surface area contributed by atoms with E-state index in [9.17, 15) is 9.59 Å². The van der Waals surface area contributed by atoms with Crippen LogP contribution >= 0.6 is 23.4 Å². The number of hydrogen-bond donors (Lipinski definition) is 2. The van der Waals surface area contributed by atoms with E-state index < -0.39 is 6.03 Å². The van der Waals surface area contributed by atoms with Gasteiger partial charge in [-0.05, 0) is 42.7 Å². The van der Waals surface area contributed by atoms with E-state index in [0.717, 1.165) is 35.8 Å². The van der Waals surface area contributed by atoms with Gasteiger partial charge in [0.2, 0.25) is 5.91 Å². The highest BCUT2D eigenvalue weighted by molar-refractivity contribution is 7.98. The fourth-order valence-corrected chi connectivity index (χ4v) is 3.74. The third-order valence-corrected chi connectivity index (χ3v) is 5.42. The predicted molar refractivity (Wildman–Crippen MR) is 99.1 cm³/mol. The van der Waals surface area contributed by atoms with Gasteiger partial charge >= 0.3 is 6.03 Å². The molecule has 0 aromatic heterocycles. The number of amides is 3. The monoisotopic (exact) mass is 369 g/mol. The van der Waals surface area contributed by atoms with Gasteiger partial charge in [0.15, 0.2) is 0 Å². The van der Waals surface area contributed by atoms with E-state index in [1.54, 1.807) is 4.90 Å². The molecule has 1 atom stereocenters. The molecule has 1 saturated heterocycles. The van der Waals surface area contributed by atoms with E-state index in [1.807, 2.05) is 36.0 Å². The summed E-state index contributed by atoms with van der Waals surface area (Å²) < 4.78 is 0. The summed E-state index contributed by atoms with van der Waals surface area (Å²) in [5.41, 5.74) is 6.54. The Bertz CT molecular complexity index is 553. The number of thioether (sulfide) groups is 1. The number of nitrogens with one attached hydrogen (secondary N) is 1. The first kappa shape index (κ1) is 18.9. The molecule has 0 unspecified atom stereocenters. The van der Waals surface area contributed by atoms with Crippen molar-refractivity contribution in [3.63, 3.8) is 0 Å². The van der Waals surface area contributed by atoms with Crippen molar-refractivity contribution in [1.82, 2.24) is 10.2 Å². The highest BCUT2D eigenvalue weighted by atomic mass is 35.5. The van der Waals surface area contributed by atoms with Crippen molar-refractivity contribution < 1.29 is 9.59 Å². The Labute approximate surface area is 152 Å². The number of nitrogens with zero attached hydrogens (tertiary/aromatic N) is 1. The largest absolute Gasteiger partial charge is 0.356 e. The Kier molecular flexibility index (Phi) is 7.72. The summed E-state index contributed by atoms with van der Waals surface area (Å²) in [7, 11) is 0. The van der Waals surface area contributed by atoms with Crippen molar-refractivity contribution in [3.8, 4) is 0 Å². The zero-order valence-corrected chi connectivity index (χ0v) is 15.2. The summed E-state index contributed by atoms with van der Waals surface area (Å²) in [6.07, 6.45) is 2.58. The Morgan fingerprint density at radius 1 is 1.33 bits per heavy atom. The minimum atomic E-state index is -0.439. The molecule has 1 aromatic carbocycles. The Morgan fingerprint density at radius 2 is 2.08 bits per heavy atom. The van der Waals surface area contributed by atoms with E-state index in [-0.39, 0.29) is 11.8 Å². The molecule has 24 heavy (non-hydrogen) atoms. The second-order valence-corrected chi connectivity index (χ2v) is 7.49. The van der Waals surface area contributed by atoms with Gasteiger partial charge in [-0.1, -0.05) is 23.7 Å². The molecule has 1 aromatic rings. The molecule has 3 N–H and O–H groups in total. The lowest BCUT2D eigenvalue weighted by atomic mass is 9.97. The molecule has 1 heterocycles. The summed E-state index contributed by atoms with van der Waals surface area (Å²) in [6.45, 7) is 1.76. The molecule has 5 nitrogen and oxygen atoms in total. The highest BCUT2D eigenvalue weighted by Gasteiger charge is 2.26. The molecule has 0 saturated carbocycles. The maximum absolute atomic E-state index is 12.1. The van der Waals surface area contributed by atoms with Crippen molar-refractivity contribution >= 4 is 35.3 Å². The van der Waals surface area contributed by atoms with Gasteiger partial charge in [-0.2, -0.15) is 11.8 Å². The van der Waals surface area contributed by atoms with Crippen LogP contribution in [0.1, 0.15) is 24.8 Å². The average molecular weight is 370 g/mol. The van der Waals surface area contributed by atoms with Gasteiger partial charge in [0.05, 0.1) is 5.92 Å². The van der Waals surface area contributed by atoms with Gasteiger partial charge in [-0.15, -0.1) is 0 Å². The third kappa shape index (κ3) is 6.24. The van der Waals surface area contributed by atoms with Crippen LogP contribution in [0.4, 0.5) is 4.79 Å². The molecule has 0 spiro atoms. The Morgan fingerprint density at radius 3 is 2.79 bits per heavy atom. The topological polar surface area (TPSA) is 75.4 Å². The summed E-state index contributed by atoms with van der Waals surface area (Å²) >= 11 is 7.70. The predicted octanol–water partition coefficient (Wildman–Crippen LogP) is 2.87.